The molecule has 2 N–H and O–H groups in total. The molecule has 0 rings (SSSR count). The van der Waals surface area contributed by atoms with Crippen molar-refractivity contribution < 1.29 is 4.74 Å². The van der Waals surface area contributed by atoms with Gasteiger partial charge in [0.25, 0.3) is 0 Å². The van der Waals surface area contributed by atoms with Crippen molar-refractivity contribution in [2.24, 2.45) is 5.73 Å². The SMILES string of the molecule is C/C=C(\C=C/N)CCCC(C)OC.CC. The van der Waals surface area contributed by atoms with Gasteiger partial charge in [-0.3, -0.25) is 0 Å². The Morgan fingerprint density at radius 3 is 2.40 bits per heavy atom. The number of methoxy groups -OCH3 is 1. The molecule has 0 aromatic carbocycles. The van der Waals surface area contributed by atoms with Crippen LogP contribution in [0.2, 0.25) is 0 Å². The Kier molecular flexibility index (Phi) is 14.7. The molecular weight excluding hydrogens is 186 g/mol. The van der Waals surface area contributed by atoms with Crippen LogP contribution in [0.1, 0.15) is 47.0 Å². The van der Waals surface area contributed by atoms with E-state index in [1.54, 1.807) is 13.3 Å². The van der Waals surface area contributed by atoms with Crippen molar-refractivity contribution in [1.82, 2.24) is 0 Å². The standard InChI is InChI=1S/C11H21NO.C2H6/c1-4-11(8-9-12)7-5-6-10(2)13-3;1-2/h4,8-10H,5-7,12H2,1-3H3;1-2H3/b9-8-,11-4-;. The van der Waals surface area contributed by atoms with Gasteiger partial charge in [-0.25, -0.2) is 0 Å². The van der Waals surface area contributed by atoms with Gasteiger partial charge in [0.15, 0.2) is 0 Å². The first-order valence-electron chi connectivity index (χ1n) is 5.80. The van der Waals surface area contributed by atoms with E-state index in [0.717, 1.165) is 19.3 Å². The van der Waals surface area contributed by atoms with Crippen LogP contribution in [-0.4, -0.2) is 13.2 Å². The van der Waals surface area contributed by atoms with Crippen LogP contribution >= 0.6 is 0 Å². The number of allylic oxidation sites excluding steroid dienone is 3. The van der Waals surface area contributed by atoms with Gasteiger partial charge in [-0.15, -0.1) is 0 Å². The fourth-order valence-electron chi connectivity index (χ4n) is 1.16. The van der Waals surface area contributed by atoms with E-state index in [0.29, 0.717) is 6.10 Å². The molecule has 0 amide bonds. The van der Waals surface area contributed by atoms with Gasteiger partial charge in [0.05, 0.1) is 6.10 Å². The van der Waals surface area contributed by atoms with Crippen molar-refractivity contribution in [2.75, 3.05) is 7.11 Å². The fourth-order valence-corrected chi connectivity index (χ4v) is 1.16. The van der Waals surface area contributed by atoms with E-state index in [2.05, 4.69) is 13.0 Å². The van der Waals surface area contributed by atoms with E-state index in [1.165, 1.54) is 5.57 Å². The van der Waals surface area contributed by atoms with Crippen LogP contribution in [0.3, 0.4) is 0 Å². The Labute approximate surface area is 95.2 Å². The predicted octanol–water partition coefficient (Wildman–Crippen LogP) is 3.64. The van der Waals surface area contributed by atoms with E-state index >= 15 is 0 Å². The van der Waals surface area contributed by atoms with Gasteiger partial charge in [-0.1, -0.05) is 25.5 Å². The molecule has 1 unspecified atom stereocenters. The minimum Gasteiger partial charge on any atom is -0.405 e. The minimum absolute atomic E-state index is 0.361. The number of hydrogen-bond acceptors (Lipinski definition) is 2. The molecule has 0 heterocycles. The quantitative estimate of drug-likeness (QED) is 0.684. The van der Waals surface area contributed by atoms with Gasteiger partial charge in [0.2, 0.25) is 0 Å². The van der Waals surface area contributed by atoms with Crippen LogP contribution in [0.5, 0.6) is 0 Å². The summed E-state index contributed by atoms with van der Waals surface area (Å²) in [6.07, 6.45) is 9.34. The zero-order chi connectivity index (χ0) is 12.1. The zero-order valence-corrected chi connectivity index (χ0v) is 10.9. The molecule has 0 bridgehead atoms. The van der Waals surface area contributed by atoms with Crippen molar-refractivity contribution in [3.05, 3.63) is 23.9 Å². The van der Waals surface area contributed by atoms with Crippen LogP contribution in [0.15, 0.2) is 23.9 Å². The first kappa shape index (κ1) is 16.7. The summed E-state index contributed by atoms with van der Waals surface area (Å²) in [5.74, 6) is 0. The highest BCUT2D eigenvalue weighted by molar-refractivity contribution is 5.16. The third-order valence-electron chi connectivity index (χ3n) is 2.16. The van der Waals surface area contributed by atoms with Crippen LogP contribution in [0.25, 0.3) is 0 Å². The molecule has 15 heavy (non-hydrogen) atoms. The van der Waals surface area contributed by atoms with Gasteiger partial charge in [0, 0.05) is 7.11 Å². The monoisotopic (exact) mass is 213 g/mol. The van der Waals surface area contributed by atoms with E-state index in [4.69, 9.17) is 10.5 Å². The van der Waals surface area contributed by atoms with E-state index in [9.17, 15) is 0 Å². The summed E-state index contributed by atoms with van der Waals surface area (Å²) in [6.45, 7) is 8.13. The topological polar surface area (TPSA) is 35.2 Å². The van der Waals surface area contributed by atoms with E-state index in [1.807, 2.05) is 26.8 Å². The Morgan fingerprint density at radius 2 is 2.00 bits per heavy atom. The molecule has 0 saturated carbocycles. The molecule has 0 aromatic heterocycles. The lowest BCUT2D eigenvalue weighted by atomic mass is 10.1. The van der Waals surface area contributed by atoms with Gasteiger partial charge < -0.3 is 10.5 Å². The summed E-state index contributed by atoms with van der Waals surface area (Å²) in [5, 5.41) is 0. The second-order valence-corrected chi connectivity index (χ2v) is 3.16. The molecule has 0 aromatic rings. The Bertz CT molecular complexity index is 173. The van der Waals surface area contributed by atoms with Crippen LogP contribution in [0, 0.1) is 0 Å². The average Bonchev–Trinajstić information content (AvgIpc) is 2.30. The maximum absolute atomic E-state index is 5.32. The second-order valence-electron chi connectivity index (χ2n) is 3.16. The molecule has 0 saturated heterocycles. The Balaban J connectivity index is 0. The van der Waals surface area contributed by atoms with Crippen LogP contribution in [-0.2, 0) is 4.74 Å². The molecule has 0 aliphatic carbocycles. The molecule has 0 aliphatic rings. The Hall–Kier alpha value is -0.760. The first-order valence-corrected chi connectivity index (χ1v) is 5.80. The summed E-state index contributed by atoms with van der Waals surface area (Å²) in [6, 6.07) is 0. The molecule has 2 heteroatoms. The van der Waals surface area contributed by atoms with Gasteiger partial charge in [0.1, 0.15) is 0 Å². The van der Waals surface area contributed by atoms with Crippen LogP contribution < -0.4 is 5.73 Å². The molecular formula is C13H27NO. The van der Waals surface area contributed by atoms with Crippen LogP contribution in [0.4, 0.5) is 0 Å². The van der Waals surface area contributed by atoms with Gasteiger partial charge in [-0.2, -0.15) is 0 Å². The average molecular weight is 213 g/mol. The fraction of sp³-hybridized carbons (Fsp3) is 0.692. The molecule has 0 aliphatic heterocycles. The summed E-state index contributed by atoms with van der Waals surface area (Å²) in [7, 11) is 1.75. The summed E-state index contributed by atoms with van der Waals surface area (Å²) >= 11 is 0. The van der Waals surface area contributed by atoms with Crippen molar-refractivity contribution in [2.45, 2.75) is 53.1 Å². The normalized spacial score (nSPS) is 13.5. The Morgan fingerprint density at radius 1 is 1.40 bits per heavy atom. The number of ether oxygens (including phenoxy) is 1. The lowest BCUT2D eigenvalue weighted by Gasteiger charge is -2.08. The summed E-state index contributed by atoms with van der Waals surface area (Å²) in [5.41, 5.74) is 6.61. The molecule has 90 valence electrons. The highest BCUT2D eigenvalue weighted by atomic mass is 16.5. The van der Waals surface area contributed by atoms with Crippen molar-refractivity contribution >= 4 is 0 Å². The smallest absolute Gasteiger partial charge is 0.0543 e. The minimum atomic E-state index is 0.361. The highest BCUT2D eigenvalue weighted by Gasteiger charge is 1.99. The zero-order valence-electron chi connectivity index (χ0n) is 10.9. The molecule has 1 atom stereocenters. The summed E-state index contributed by atoms with van der Waals surface area (Å²) < 4.78 is 5.16. The molecule has 2 nitrogen and oxygen atoms in total. The first-order chi connectivity index (χ1) is 7.24. The molecule has 0 fully saturated rings. The highest BCUT2D eigenvalue weighted by Crippen LogP contribution is 2.10. The van der Waals surface area contributed by atoms with Crippen molar-refractivity contribution in [1.29, 1.82) is 0 Å². The third kappa shape index (κ3) is 11.2. The maximum Gasteiger partial charge on any atom is 0.0543 e. The predicted molar refractivity (Wildman–Crippen MR) is 68.8 cm³/mol. The number of rotatable bonds is 6. The van der Waals surface area contributed by atoms with E-state index < -0.39 is 0 Å². The van der Waals surface area contributed by atoms with Gasteiger partial charge >= 0.3 is 0 Å². The summed E-state index contributed by atoms with van der Waals surface area (Å²) in [4.78, 5) is 0. The van der Waals surface area contributed by atoms with Gasteiger partial charge in [-0.05, 0) is 45.4 Å². The van der Waals surface area contributed by atoms with E-state index in [-0.39, 0.29) is 0 Å². The lowest BCUT2D eigenvalue weighted by molar-refractivity contribution is 0.109. The molecule has 0 radical (unpaired) electrons. The van der Waals surface area contributed by atoms with Crippen molar-refractivity contribution in [3.63, 3.8) is 0 Å². The lowest BCUT2D eigenvalue weighted by Crippen LogP contribution is -2.03. The largest absolute Gasteiger partial charge is 0.405 e. The number of nitrogens with two attached hydrogens (primary N) is 1. The second kappa shape index (κ2) is 13.2. The maximum atomic E-state index is 5.32. The molecule has 0 spiro atoms. The number of hydrogen-bond donors (Lipinski definition) is 1. The van der Waals surface area contributed by atoms with Crippen molar-refractivity contribution in [3.8, 4) is 0 Å². The third-order valence-corrected chi connectivity index (χ3v) is 2.16.